The topological polar surface area (TPSA) is 0 Å². The van der Waals surface area contributed by atoms with Crippen molar-refractivity contribution in [3.05, 3.63) is 21.7 Å². The summed E-state index contributed by atoms with van der Waals surface area (Å²) in [6.45, 7) is 5.95. The lowest BCUT2D eigenvalue weighted by molar-refractivity contribution is 1.19. The summed E-state index contributed by atoms with van der Waals surface area (Å²) in [6, 6.07) is 0. The fourth-order valence-corrected chi connectivity index (χ4v) is 0.907. The Morgan fingerprint density at radius 2 is 1.80 bits per heavy atom. The van der Waals surface area contributed by atoms with Gasteiger partial charge in [-0.25, -0.2) is 0 Å². The van der Waals surface area contributed by atoms with E-state index in [1.54, 1.807) is 0 Å². The monoisotopic (exact) mass is 178 g/mol. The Morgan fingerprint density at radius 1 is 1.30 bits per heavy atom. The molecule has 0 unspecified atom stereocenters. The van der Waals surface area contributed by atoms with Gasteiger partial charge in [0.15, 0.2) is 0 Å². The number of allylic oxidation sites excluding steroid dienone is 4. The van der Waals surface area contributed by atoms with Crippen LogP contribution < -0.4 is 0 Å². The Kier molecular flexibility index (Phi) is 4.84. The van der Waals surface area contributed by atoms with Crippen molar-refractivity contribution < 1.29 is 0 Å². The largest absolute Gasteiger partial charge is 0.0875 e. The van der Waals surface area contributed by atoms with Gasteiger partial charge in [0.2, 0.25) is 0 Å². The van der Waals surface area contributed by atoms with Crippen LogP contribution in [0.5, 0.6) is 0 Å². The average molecular weight is 179 g/mol. The van der Waals surface area contributed by atoms with E-state index in [9.17, 15) is 0 Å². The van der Waals surface area contributed by atoms with Crippen LogP contribution in [0.4, 0.5) is 0 Å². The van der Waals surface area contributed by atoms with Gasteiger partial charge in [-0.2, -0.15) is 0 Å². The molecule has 10 heavy (non-hydrogen) atoms. The van der Waals surface area contributed by atoms with E-state index >= 15 is 0 Å². The van der Waals surface area contributed by atoms with Crippen molar-refractivity contribution in [2.24, 2.45) is 0 Å². The zero-order valence-electron chi connectivity index (χ0n) is 6.54. The summed E-state index contributed by atoms with van der Waals surface area (Å²) in [5.41, 5.74) is 1.16. The fourth-order valence-electron chi connectivity index (χ4n) is 0.501. The van der Waals surface area contributed by atoms with Crippen molar-refractivity contribution >= 4 is 23.2 Å². The SMILES string of the molecule is CC/C(Cl)=C(/Cl)C=C(C)C. The molecule has 0 fully saturated rings. The first kappa shape index (κ1) is 10.1. The maximum atomic E-state index is 5.80. The van der Waals surface area contributed by atoms with Crippen LogP contribution in [0, 0.1) is 0 Å². The molecule has 0 bridgehead atoms. The van der Waals surface area contributed by atoms with E-state index in [0.717, 1.165) is 17.0 Å². The van der Waals surface area contributed by atoms with Gasteiger partial charge in [-0.05, 0) is 26.3 Å². The van der Waals surface area contributed by atoms with E-state index < -0.39 is 0 Å². The highest BCUT2D eigenvalue weighted by atomic mass is 35.5. The summed E-state index contributed by atoms with van der Waals surface area (Å²) in [4.78, 5) is 0. The van der Waals surface area contributed by atoms with Gasteiger partial charge in [-0.1, -0.05) is 35.7 Å². The third-order valence-electron chi connectivity index (χ3n) is 0.985. The summed E-state index contributed by atoms with van der Waals surface area (Å²) < 4.78 is 0. The van der Waals surface area contributed by atoms with Gasteiger partial charge < -0.3 is 0 Å². The number of hydrogen-bond donors (Lipinski definition) is 0. The van der Waals surface area contributed by atoms with Crippen molar-refractivity contribution in [2.75, 3.05) is 0 Å². The minimum absolute atomic E-state index is 0.657. The highest BCUT2D eigenvalue weighted by Gasteiger charge is 1.94. The number of hydrogen-bond acceptors (Lipinski definition) is 0. The highest BCUT2D eigenvalue weighted by Crippen LogP contribution is 2.19. The van der Waals surface area contributed by atoms with Crippen molar-refractivity contribution in [1.82, 2.24) is 0 Å². The molecule has 0 atom stereocenters. The molecule has 0 rings (SSSR count). The maximum Gasteiger partial charge on any atom is 0.0550 e. The van der Waals surface area contributed by atoms with E-state index in [2.05, 4.69) is 0 Å². The molecular formula is C8H12Cl2. The Labute approximate surface area is 72.5 Å². The van der Waals surface area contributed by atoms with Gasteiger partial charge in [0.25, 0.3) is 0 Å². The van der Waals surface area contributed by atoms with Gasteiger partial charge in [0, 0.05) is 5.03 Å². The smallest absolute Gasteiger partial charge is 0.0550 e. The molecule has 0 aromatic rings. The predicted molar refractivity (Wildman–Crippen MR) is 48.5 cm³/mol. The Balaban J connectivity index is 4.33. The van der Waals surface area contributed by atoms with Crippen molar-refractivity contribution in [3.63, 3.8) is 0 Å². The second-order valence-electron chi connectivity index (χ2n) is 2.33. The molecular weight excluding hydrogens is 167 g/mol. The second-order valence-corrected chi connectivity index (χ2v) is 3.19. The van der Waals surface area contributed by atoms with Crippen LogP contribution in [0.15, 0.2) is 21.7 Å². The molecule has 0 heterocycles. The molecule has 58 valence electrons. The first-order chi connectivity index (χ1) is 4.57. The lowest BCUT2D eigenvalue weighted by Gasteiger charge is -1.94. The van der Waals surface area contributed by atoms with Gasteiger partial charge in [0.05, 0.1) is 5.03 Å². The standard InChI is InChI=1S/C8H12Cl2/c1-4-7(9)8(10)5-6(2)3/h5H,4H2,1-3H3/b8-7-. The van der Waals surface area contributed by atoms with Crippen LogP contribution in [-0.4, -0.2) is 0 Å². The van der Waals surface area contributed by atoms with Crippen LogP contribution >= 0.6 is 23.2 Å². The van der Waals surface area contributed by atoms with Crippen LogP contribution in [-0.2, 0) is 0 Å². The Bertz CT molecular complexity index is 162. The molecule has 0 nitrogen and oxygen atoms in total. The minimum Gasteiger partial charge on any atom is -0.0875 e. The van der Waals surface area contributed by atoms with Crippen LogP contribution in [0.1, 0.15) is 27.2 Å². The maximum absolute atomic E-state index is 5.80. The average Bonchev–Trinajstić information content (AvgIpc) is 1.85. The van der Waals surface area contributed by atoms with E-state index in [1.807, 2.05) is 26.8 Å². The van der Waals surface area contributed by atoms with Crippen molar-refractivity contribution in [2.45, 2.75) is 27.2 Å². The van der Waals surface area contributed by atoms with E-state index in [4.69, 9.17) is 23.2 Å². The summed E-state index contributed by atoms with van der Waals surface area (Å²) in [5, 5.41) is 1.38. The third kappa shape index (κ3) is 3.97. The molecule has 2 heteroatoms. The molecule has 0 saturated carbocycles. The zero-order valence-corrected chi connectivity index (χ0v) is 8.05. The number of halogens is 2. The van der Waals surface area contributed by atoms with E-state index in [-0.39, 0.29) is 0 Å². The van der Waals surface area contributed by atoms with Gasteiger partial charge in [-0.15, -0.1) is 0 Å². The van der Waals surface area contributed by atoms with Crippen LogP contribution in [0.2, 0.25) is 0 Å². The normalized spacial score (nSPS) is 12.5. The molecule has 0 N–H and O–H groups in total. The summed E-state index contributed by atoms with van der Waals surface area (Å²) in [5.74, 6) is 0. The third-order valence-corrected chi connectivity index (χ3v) is 1.89. The molecule has 0 aromatic heterocycles. The second kappa shape index (κ2) is 4.81. The molecule has 0 amide bonds. The minimum atomic E-state index is 0.657. The lowest BCUT2D eigenvalue weighted by atomic mass is 10.3. The van der Waals surface area contributed by atoms with Crippen molar-refractivity contribution in [3.8, 4) is 0 Å². The van der Waals surface area contributed by atoms with E-state index in [1.165, 1.54) is 0 Å². The van der Waals surface area contributed by atoms with Crippen LogP contribution in [0.3, 0.4) is 0 Å². The Morgan fingerprint density at radius 3 is 2.10 bits per heavy atom. The molecule has 0 aliphatic heterocycles. The van der Waals surface area contributed by atoms with Crippen molar-refractivity contribution in [1.29, 1.82) is 0 Å². The molecule has 0 aromatic carbocycles. The Hall–Kier alpha value is 0.0600. The molecule has 0 saturated heterocycles. The summed E-state index contributed by atoms with van der Waals surface area (Å²) in [6.07, 6.45) is 2.66. The lowest BCUT2D eigenvalue weighted by Crippen LogP contribution is -1.73. The van der Waals surface area contributed by atoms with Gasteiger partial charge >= 0.3 is 0 Å². The summed E-state index contributed by atoms with van der Waals surface area (Å²) >= 11 is 11.6. The first-order valence-corrected chi connectivity index (χ1v) is 4.02. The molecule has 0 aliphatic rings. The predicted octanol–water partition coefficient (Wildman–Crippen LogP) is 4.05. The summed E-state index contributed by atoms with van der Waals surface area (Å²) in [7, 11) is 0. The zero-order chi connectivity index (χ0) is 8.15. The molecule has 0 radical (unpaired) electrons. The molecule has 0 aliphatic carbocycles. The van der Waals surface area contributed by atoms with Gasteiger partial charge in [-0.3, -0.25) is 0 Å². The van der Waals surface area contributed by atoms with Gasteiger partial charge in [0.1, 0.15) is 0 Å². The molecule has 0 spiro atoms. The quantitative estimate of drug-likeness (QED) is 0.561. The fraction of sp³-hybridized carbons (Fsp3) is 0.500. The van der Waals surface area contributed by atoms with Crippen LogP contribution in [0.25, 0.3) is 0 Å². The van der Waals surface area contributed by atoms with E-state index in [0.29, 0.717) is 5.03 Å². The number of rotatable bonds is 2. The first-order valence-electron chi connectivity index (χ1n) is 3.27. The highest BCUT2D eigenvalue weighted by molar-refractivity contribution is 6.40.